The van der Waals surface area contributed by atoms with E-state index in [1.165, 1.54) is 0 Å². The fourth-order valence-corrected chi connectivity index (χ4v) is 4.30. The van der Waals surface area contributed by atoms with Crippen LogP contribution in [-0.4, -0.2) is 11.9 Å². The summed E-state index contributed by atoms with van der Waals surface area (Å²) in [6, 6.07) is 16.5. The number of halogens is 1. The number of hydrogen-bond acceptors (Lipinski definition) is 3. The lowest BCUT2D eigenvalue weighted by Crippen LogP contribution is -2.38. The van der Waals surface area contributed by atoms with Crippen LogP contribution in [-0.2, 0) is 11.3 Å². The number of rotatable bonds is 7. The molecular weight excluding hydrogens is 430 g/mol. The molecule has 1 saturated carbocycles. The molecular formula is C24H24ClN3O2S. The molecule has 31 heavy (non-hydrogen) atoms. The summed E-state index contributed by atoms with van der Waals surface area (Å²) in [7, 11) is 0. The van der Waals surface area contributed by atoms with Crippen molar-refractivity contribution in [2.75, 3.05) is 5.32 Å². The van der Waals surface area contributed by atoms with Crippen LogP contribution in [0.3, 0.4) is 0 Å². The summed E-state index contributed by atoms with van der Waals surface area (Å²) in [5.41, 5.74) is 3.65. The summed E-state index contributed by atoms with van der Waals surface area (Å²) >= 11 is 7.60. The smallest absolute Gasteiger partial charge is 0.315 e. The maximum atomic E-state index is 12.6. The van der Waals surface area contributed by atoms with Crippen LogP contribution in [0.1, 0.15) is 42.0 Å². The Labute approximate surface area is 190 Å². The van der Waals surface area contributed by atoms with Crippen molar-refractivity contribution < 1.29 is 9.59 Å². The first-order chi connectivity index (χ1) is 15.1. The molecule has 0 bridgehead atoms. The zero-order valence-corrected chi connectivity index (χ0v) is 18.5. The van der Waals surface area contributed by atoms with E-state index in [4.69, 9.17) is 11.6 Å². The van der Waals surface area contributed by atoms with Crippen LogP contribution in [0.5, 0.6) is 0 Å². The number of anilines is 1. The highest BCUT2D eigenvalue weighted by Crippen LogP contribution is 2.28. The topological polar surface area (TPSA) is 70.2 Å². The molecule has 0 saturated heterocycles. The second-order valence-corrected chi connectivity index (χ2v) is 8.90. The van der Waals surface area contributed by atoms with Crippen LogP contribution in [0.25, 0.3) is 0 Å². The maximum Gasteiger partial charge on any atom is 0.315 e. The van der Waals surface area contributed by atoms with Gasteiger partial charge in [-0.2, -0.15) is 11.3 Å². The van der Waals surface area contributed by atoms with E-state index in [2.05, 4.69) is 16.0 Å². The van der Waals surface area contributed by atoms with Gasteiger partial charge >= 0.3 is 6.03 Å². The summed E-state index contributed by atoms with van der Waals surface area (Å²) in [4.78, 5) is 24.8. The molecule has 4 rings (SSSR count). The molecule has 160 valence electrons. The standard InChI is InChI=1S/C24H24ClN3O2S/c25-20-9-7-17(8-10-20)22(19-11-12-31-15-19)28-24(30)26-14-16-3-1-6-21(13-16)27-23(29)18-4-2-5-18/h1,3,6-13,15,18,22H,2,4-5,14H2,(H,27,29)(H2,26,28,30). The summed E-state index contributed by atoms with van der Waals surface area (Å²) in [5.74, 6) is 0.213. The molecule has 0 radical (unpaired) electrons. The number of thiophene rings is 1. The Morgan fingerprint density at radius 2 is 1.87 bits per heavy atom. The Kier molecular flexibility index (Phi) is 6.89. The van der Waals surface area contributed by atoms with Gasteiger partial charge in [-0.05, 0) is 70.6 Å². The molecule has 3 aromatic rings. The molecule has 5 nitrogen and oxygen atoms in total. The largest absolute Gasteiger partial charge is 0.334 e. The van der Waals surface area contributed by atoms with Crippen molar-refractivity contribution in [2.24, 2.45) is 5.92 Å². The number of carbonyl (C=O) groups excluding carboxylic acids is 2. The molecule has 1 unspecified atom stereocenters. The lowest BCUT2D eigenvalue weighted by atomic mass is 9.85. The van der Waals surface area contributed by atoms with Crippen molar-refractivity contribution in [3.05, 3.63) is 87.1 Å². The summed E-state index contributed by atoms with van der Waals surface area (Å²) in [6.07, 6.45) is 3.05. The third-order valence-corrected chi connectivity index (χ3v) is 6.43. The normalized spacial score (nSPS) is 14.4. The average molecular weight is 454 g/mol. The first-order valence-corrected chi connectivity index (χ1v) is 11.6. The fraction of sp³-hybridized carbons (Fsp3) is 0.250. The van der Waals surface area contributed by atoms with Gasteiger partial charge in [-0.25, -0.2) is 4.79 Å². The molecule has 1 fully saturated rings. The molecule has 2 aromatic carbocycles. The summed E-state index contributed by atoms with van der Waals surface area (Å²) in [5, 5.41) is 13.6. The Hall–Kier alpha value is -2.83. The predicted molar refractivity (Wildman–Crippen MR) is 125 cm³/mol. The zero-order chi connectivity index (χ0) is 21.6. The number of amides is 3. The molecule has 3 N–H and O–H groups in total. The van der Waals surface area contributed by atoms with Gasteiger partial charge in [0.1, 0.15) is 0 Å². The van der Waals surface area contributed by atoms with Crippen molar-refractivity contribution in [1.29, 1.82) is 0 Å². The van der Waals surface area contributed by atoms with E-state index in [-0.39, 0.29) is 23.9 Å². The van der Waals surface area contributed by atoms with Gasteiger partial charge in [-0.1, -0.05) is 42.3 Å². The SMILES string of the molecule is O=C(NCc1cccc(NC(=O)C2CCC2)c1)NC(c1ccc(Cl)cc1)c1ccsc1. The van der Waals surface area contributed by atoms with Crippen LogP contribution in [0.2, 0.25) is 5.02 Å². The summed E-state index contributed by atoms with van der Waals surface area (Å²) < 4.78 is 0. The van der Waals surface area contributed by atoms with E-state index >= 15 is 0 Å². The van der Waals surface area contributed by atoms with Crippen LogP contribution < -0.4 is 16.0 Å². The van der Waals surface area contributed by atoms with E-state index in [1.807, 2.05) is 65.4 Å². The zero-order valence-electron chi connectivity index (χ0n) is 16.9. The van der Waals surface area contributed by atoms with Crippen LogP contribution >= 0.6 is 22.9 Å². The number of nitrogens with one attached hydrogen (secondary N) is 3. The Morgan fingerprint density at radius 1 is 1.06 bits per heavy atom. The molecule has 0 spiro atoms. The lowest BCUT2D eigenvalue weighted by Gasteiger charge is -2.24. The Bertz CT molecular complexity index is 1030. The number of carbonyl (C=O) groups is 2. The van der Waals surface area contributed by atoms with Crippen molar-refractivity contribution in [2.45, 2.75) is 31.8 Å². The molecule has 7 heteroatoms. The number of urea groups is 1. The van der Waals surface area contributed by atoms with Gasteiger partial charge in [0, 0.05) is 23.2 Å². The molecule has 1 aliphatic carbocycles. The quantitative estimate of drug-likeness (QED) is 0.427. The molecule has 1 heterocycles. The van der Waals surface area contributed by atoms with Crippen molar-refractivity contribution in [3.8, 4) is 0 Å². The van der Waals surface area contributed by atoms with Crippen molar-refractivity contribution in [1.82, 2.24) is 10.6 Å². The van der Waals surface area contributed by atoms with Crippen molar-refractivity contribution >= 4 is 40.6 Å². The number of hydrogen-bond donors (Lipinski definition) is 3. The van der Waals surface area contributed by atoms with Gasteiger partial charge in [0.25, 0.3) is 0 Å². The number of benzene rings is 2. The van der Waals surface area contributed by atoms with E-state index in [0.29, 0.717) is 11.6 Å². The predicted octanol–water partition coefficient (Wildman–Crippen LogP) is 5.73. The van der Waals surface area contributed by atoms with Gasteiger partial charge < -0.3 is 16.0 Å². The lowest BCUT2D eigenvalue weighted by molar-refractivity contribution is -0.122. The van der Waals surface area contributed by atoms with E-state index in [1.54, 1.807) is 11.3 Å². The first-order valence-electron chi connectivity index (χ1n) is 10.3. The third-order valence-electron chi connectivity index (χ3n) is 5.48. The Morgan fingerprint density at radius 3 is 2.55 bits per heavy atom. The second-order valence-electron chi connectivity index (χ2n) is 7.69. The third kappa shape index (κ3) is 5.66. The van der Waals surface area contributed by atoms with Crippen LogP contribution in [0, 0.1) is 5.92 Å². The van der Waals surface area contributed by atoms with Gasteiger partial charge in [0.05, 0.1) is 6.04 Å². The molecule has 1 aliphatic rings. The second kappa shape index (κ2) is 9.98. The van der Waals surface area contributed by atoms with Crippen LogP contribution in [0.15, 0.2) is 65.4 Å². The fourth-order valence-electron chi connectivity index (χ4n) is 3.49. The van der Waals surface area contributed by atoms with Gasteiger partial charge in [-0.3, -0.25) is 4.79 Å². The highest BCUT2D eigenvalue weighted by molar-refractivity contribution is 7.08. The minimum absolute atomic E-state index is 0.0793. The van der Waals surface area contributed by atoms with E-state index in [0.717, 1.165) is 41.6 Å². The van der Waals surface area contributed by atoms with E-state index < -0.39 is 0 Å². The highest BCUT2D eigenvalue weighted by atomic mass is 35.5. The molecule has 0 aliphatic heterocycles. The van der Waals surface area contributed by atoms with E-state index in [9.17, 15) is 9.59 Å². The minimum atomic E-state index is -0.268. The average Bonchev–Trinajstić information content (AvgIpc) is 3.25. The van der Waals surface area contributed by atoms with Gasteiger partial charge in [-0.15, -0.1) is 0 Å². The monoisotopic (exact) mass is 453 g/mol. The highest BCUT2D eigenvalue weighted by Gasteiger charge is 2.25. The first kappa shape index (κ1) is 21.4. The maximum absolute atomic E-state index is 12.6. The summed E-state index contributed by atoms with van der Waals surface area (Å²) in [6.45, 7) is 0.357. The minimum Gasteiger partial charge on any atom is -0.334 e. The molecule has 3 amide bonds. The van der Waals surface area contributed by atoms with Crippen molar-refractivity contribution in [3.63, 3.8) is 0 Å². The van der Waals surface area contributed by atoms with Gasteiger partial charge in [0.2, 0.25) is 5.91 Å². The molecule has 1 aromatic heterocycles. The molecule has 1 atom stereocenters. The Balaban J connectivity index is 1.37. The van der Waals surface area contributed by atoms with Crippen LogP contribution in [0.4, 0.5) is 10.5 Å². The van der Waals surface area contributed by atoms with Gasteiger partial charge in [0.15, 0.2) is 0 Å².